The van der Waals surface area contributed by atoms with Crippen molar-refractivity contribution in [2.45, 2.75) is 6.04 Å². The van der Waals surface area contributed by atoms with Crippen LogP contribution in [0.25, 0.3) is 0 Å². The van der Waals surface area contributed by atoms with Crippen LogP contribution in [0.1, 0.15) is 0 Å². The van der Waals surface area contributed by atoms with Crippen molar-refractivity contribution in [2.24, 2.45) is 0 Å². The molecule has 0 aromatic carbocycles. The second kappa shape index (κ2) is 3.93. The summed E-state index contributed by atoms with van der Waals surface area (Å²) in [4.78, 5) is 6.35. The quantitative estimate of drug-likeness (QED) is 0.846. The highest BCUT2D eigenvalue weighted by Gasteiger charge is 2.23. The van der Waals surface area contributed by atoms with E-state index in [9.17, 15) is 0 Å². The van der Waals surface area contributed by atoms with Gasteiger partial charge < -0.3 is 10.2 Å². The Balaban J connectivity index is 2.02. The number of nitrogens with one attached hydrogen (secondary N) is 1. The maximum absolute atomic E-state index is 5.97. The van der Waals surface area contributed by atoms with E-state index in [1.165, 1.54) is 0 Å². The lowest BCUT2D eigenvalue weighted by molar-refractivity contribution is 0.205. The molecule has 1 aliphatic rings. The molecule has 0 bridgehead atoms. The van der Waals surface area contributed by atoms with Gasteiger partial charge in [0, 0.05) is 19.3 Å². The Bertz CT molecular complexity index is 337. The highest BCUT2D eigenvalue weighted by molar-refractivity contribution is 6.35. The first-order valence-corrected chi connectivity index (χ1v) is 5.17. The van der Waals surface area contributed by atoms with E-state index in [1.807, 2.05) is 0 Å². The fourth-order valence-corrected chi connectivity index (χ4v) is 1.94. The molecule has 76 valence electrons. The van der Waals surface area contributed by atoms with Crippen molar-refractivity contribution in [3.05, 3.63) is 22.3 Å². The number of rotatable bonds is 2. The van der Waals surface area contributed by atoms with E-state index >= 15 is 0 Å². The molecule has 0 saturated carbocycles. The van der Waals surface area contributed by atoms with Crippen molar-refractivity contribution in [2.75, 3.05) is 25.5 Å². The molecular formula is C9H11Cl2N3. The number of pyridine rings is 1. The molecule has 3 nitrogen and oxygen atoms in total. The average Bonchev–Trinajstić information content (AvgIpc) is 2.06. The maximum Gasteiger partial charge on any atom is 0.145 e. The van der Waals surface area contributed by atoms with E-state index in [1.54, 1.807) is 12.3 Å². The Hall–Kier alpha value is -0.510. The van der Waals surface area contributed by atoms with Gasteiger partial charge in [0.1, 0.15) is 5.82 Å². The number of halogens is 2. The molecule has 1 fully saturated rings. The van der Waals surface area contributed by atoms with Crippen molar-refractivity contribution >= 4 is 29.0 Å². The lowest BCUT2D eigenvalue weighted by Crippen LogP contribution is -2.52. The van der Waals surface area contributed by atoms with Crippen molar-refractivity contribution in [3.8, 4) is 0 Å². The molecule has 0 aliphatic carbocycles. The summed E-state index contributed by atoms with van der Waals surface area (Å²) in [6, 6.07) is 2.15. The minimum absolute atomic E-state index is 0.450. The van der Waals surface area contributed by atoms with E-state index in [0.29, 0.717) is 21.9 Å². The first-order valence-electron chi connectivity index (χ1n) is 4.41. The predicted molar refractivity (Wildman–Crippen MR) is 59.2 cm³/mol. The zero-order valence-electron chi connectivity index (χ0n) is 7.80. The number of likely N-dealkylation sites (tertiary alicyclic amines) is 1. The molecule has 1 saturated heterocycles. The SMILES string of the molecule is CN1CC(Nc2ncc(Cl)cc2Cl)C1. The summed E-state index contributed by atoms with van der Waals surface area (Å²) in [6.45, 7) is 2.06. The number of nitrogens with zero attached hydrogens (tertiary/aromatic N) is 2. The van der Waals surface area contributed by atoms with Gasteiger partial charge in [-0.05, 0) is 13.1 Å². The Morgan fingerprint density at radius 1 is 1.50 bits per heavy atom. The molecule has 0 atom stereocenters. The van der Waals surface area contributed by atoms with Crippen LogP contribution in [0.15, 0.2) is 12.3 Å². The summed E-state index contributed by atoms with van der Waals surface area (Å²) in [5.41, 5.74) is 0. The first-order chi connectivity index (χ1) is 6.65. The highest BCUT2D eigenvalue weighted by atomic mass is 35.5. The first kappa shape index (κ1) is 10.0. The summed E-state index contributed by atoms with van der Waals surface area (Å²) in [5, 5.41) is 4.40. The number of hydrogen-bond acceptors (Lipinski definition) is 3. The van der Waals surface area contributed by atoms with Crippen LogP contribution in [0.2, 0.25) is 10.0 Å². The maximum atomic E-state index is 5.97. The number of aromatic nitrogens is 1. The van der Waals surface area contributed by atoms with Gasteiger partial charge in [-0.3, -0.25) is 0 Å². The van der Waals surface area contributed by atoms with Gasteiger partial charge in [0.15, 0.2) is 0 Å². The third-order valence-electron chi connectivity index (χ3n) is 2.21. The molecule has 2 rings (SSSR count). The third-order valence-corrected chi connectivity index (χ3v) is 2.71. The minimum atomic E-state index is 0.450. The monoisotopic (exact) mass is 231 g/mol. The van der Waals surface area contributed by atoms with Crippen LogP contribution < -0.4 is 5.32 Å². The van der Waals surface area contributed by atoms with Gasteiger partial charge in [-0.2, -0.15) is 0 Å². The average molecular weight is 232 g/mol. The van der Waals surface area contributed by atoms with E-state index in [0.717, 1.165) is 13.1 Å². The number of likely N-dealkylation sites (N-methyl/N-ethyl adjacent to an activating group) is 1. The van der Waals surface area contributed by atoms with Gasteiger partial charge in [0.2, 0.25) is 0 Å². The molecule has 1 aromatic rings. The molecule has 5 heteroatoms. The molecule has 1 aromatic heterocycles. The summed E-state index contributed by atoms with van der Waals surface area (Å²) in [6.07, 6.45) is 1.60. The smallest absolute Gasteiger partial charge is 0.145 e. The number of hydrogen-bond donors (Lipinski definition) is 1. The van der Waals surface area contributed by atoms with Gasteiger partial charge in [0.05, 0.1) is 16.1 Å². The normalized spacial score (nSPS) is 17.9. The van der Waals surface area contributed by atoms with Crippen molar-refractivity contribution < 1.29 is 0 Å². The minimum Gasteiger partial charge on any atom is -0.364 e. The van der Waals surface area contributed by atoms with E-state index in [4.69, 9.17) is 23.2 Å². The van der Waals surface area contributed by atoms with Crippen molar-refractivity contribution in [1.82, 2.24) is 9.88 Å². The summed E-state index contributed by atoms with van der Waals surface area (Å²) in [5.74, 6) is 0.717. The van der Waals surface area contributed by atoms with Crippen LogP contribution >= 0.6 is 23.2 Å². The zero-order valence-corrected chi connectivity index (χ0v) is 9.31. The van der Waals surface area contributed by atoms with E-state index in [2.05, 4.69) is 22.2 Å². The van der Waals surface area contributed by atoms with Crippen LogP contribution in [0.3, 0.4) is 0 Å². The van der Waals surface area contributed by atoms with E-state index in [-0.39, 0.29) is 0 Å². The fourth-order valence-electron chi connectivity index (χ4n) is 1.50. The summed E-state index contributed by atoms with van der Waals surface area (Å²) < 4.78 is 0. The Kier molecular flexibility index (Phi) is 2.81. The molecule has 0 unspecified atom stereocenters. The molecule has 0 amide bonds. The largest absolute Gasteiger partial charge is 0.364 e. The zero-order chi connectivity index (χ0) is 10.1. The van der Waals surface area contributed by atoms with Crippen LogP contribution in [0.5, 0.6) is 0 Å². The Morgan fingerprint density at radius 2 is 2.21 bits per heavy atom. The second-order valence-corrected chi connectivity index (χ2v) is 4.39. The van der Waals surface area contributed by atoms with Crippen LogP contribution in [-0.4, -0.2) is 36.1 Å². The van der Waals surface area contributed by atoms with Crippen LogP contribution in [0, 0.1) is 0 Å². The third kappa shape index (κ3) is 2.11. The molecule has 0 radical (unpaired) electrons. The molecule has 0 spiro atoms. The standard InChI is InChI=1S/C9H11Cl2N3/c1-14-4-7(5-14)13-9-8(11)2-6(10)3-12-9/h2-3,7H,4-5H2,1H3,(H,12,13). The van der Waals surface area contributed by atoms with Crippen molar-refractivity contribution in [3.63, 3.8) is 0 Å². The Labute approximate surface area is 93.0 Å². The molecule has 2 heterocycles. The predicted octanol–water partition coefficient (Wildman–Crippen LogP) is 2.11. The van der Waals surface area contributed by atoms with Crippen LogP contribution in [-0.2, 0) is 0 Å². The van der Waals surface area contributed by atoms with Gasteiger partial charge >= 0.3 is 0 Å². The van der Waals surface area contributed by atoms with Crippen LogP contribution in [0.4, 0.5) is 5.82 Å². The topological polar surface area (TPSA) is 28.2 Å². The molecular weight excluding hydrogens is 221 g/mol. The second-order valence-electron chi connectivity index (χ2n) is 3.55. The molecule has 1 N–H and O–H groups in total. The molecule has 14 heavy (non-hydrogen) atoms. The summed E-state index contributed by atoms with van der Waals surface area (Å²) in [7, 11) is 2.08. The number of anilines is 1. The van der Waals surface area contributed by atoms with Gasteiger partial charge in [-0.1, -0.05) is 23.2 Å². The lowest BCUT2D eigenvalue weighted by atomic mass is 10.1. The summed E-state index contributed by atoms with van der Waals surface area (Å²) >= 11 is 11.7. The highest BCUT2D eigenvalue weighted by Crippen LogP contribution is 2.24. The van der Waals surface area contributed by atoms with E-state index < -0.39 is 0 Å². The van der Waals surface area contributed by atoms with Gasteiger partial charge in [0.25, 0.3) is 0 Å². The van der Waals surface area contributed by atoms with Gasteiger partial charge in [-0.25, -0.2) is 4.98 Å². The van der Waals surface area contributed by atoms with Crippen molar-refractivity contribution in [1.29, 1.82) is 0 Å². The lowest BCUT2D eigenvalue weighted by Gasteiger charge is -2.37. The molecule has 1 aliphatic heterocycles. The fraction of sp³-hybridized carbons (Fsp3) is 0.444. The Morgan fingerprint density at radius 3 is 2.79 bits per heavy atom. The van der Waals surface area contributed by atoms with Gasteiger partial charge in [-0.15, -0.1) is 0 Å².